The molecular weight excluding hydrogens is 837 g/mol. The van der Waals surface area contributed by atoms with Crippen molar-refractivity contribution in [1.82, 2.24) is 50.2 Å². The van der Waals surface area contributed by atoms with E-state index < -0.39 is 12.1 Å². The summed E-state index contributed by atoms with van der Waals surface area (Å²) >= 11 is 0. The van der Waals surface area contributed by atoms with E-state index in [-0.39, 0.29) is 70.2 Å². The summed E-state index contributed by atoms with van der Waals surface area (Å²) in [5, 5.41) is 6.00. The monoisotopic (exact) mass is 905 g/mol. The Bertz CT molecular complexity index is 2270. The van der Waals surface area contributed by atoms with Gasteiger partial charge < -0.3 is 40.2 Å². The molecule has 2 bridgehead atoms. The van der Waals surface area contributed by atoms with E-state index in [0.717, 1.165) is 87.1 Å². The molecule has 0 radical (unpaired) electrons. The molecule has 10 rings (SSSR count). The van der Waals surface area contributed by atoms with Crippen LogP contribution in [0.1, 0.15) is 153 Å². The molecule has 1 aromatic carbocycles. The largest absolute Gasteiger partial charge is 0.344 e. The Balaban J connectivity index is 0.813. The van der Waals surface area contributed by atoms with Crippen LogP contribution in [0.4, 0.5) is 9.59 Å². The first-order valence-electron chi connectivity index (χ1n) is 24.7. The number of imidazole rings is 2. The van der Waals surface area contributed by atoms with Crippen molar-refractivity contribution in [2.45, 2.75) is 153 Å². The molecule has 4 aliphatic heterocycles. The molecule has 16 nitrogen and oxygen atoms in total. The van der Waals surface area contributed by atoms with Gasteiger partial charge >= 0.3 is 12.1 Å². The zero-order valence-corrected chi connectivity index (χ0v) is 39.2. The summed E-state index contributed by atoms with van der Waals surface area (Å²) in [6.07, 6.45) is 15.1. The third-order valence-electron chi connectivity index (χ3n) is 16.2. The molecular formula is C50H68N10O6. The summed E-state index contributed by atoms with van der Waals surface area (Å²) in [6, 6.07) is 6.67. The zero-order valence-electron chi connectivity index (χ0n) is 39.2. The average Bonchev–Trinajstić information content (AvgIpc) is 4.18. The van der Waals surface area contributed by atoms with Crippen molar-refractivity contribution >= 4 is 35.4 Å². The van der Waals surface area contributed by atoms with Gasteiger partial charge in [0.2, 0.25) is 11.8 Å². The standard InChI is InChI=1S/C50H68N10O6/c1-31(2)41(55-47(65)57-25-13-35(61)14-26-57)45(63)59-23-5-7-38(59)43-51-29-37(53-43)33-9-11-34(12-10-33)49-17-20-50(21-18-49,22-19-49)40-30-52-44(54-40)39-8-6-24-60(39)46(64)42(32(3)4)56-48(66)58-27-15-36(62)16-28-58/h9-12,29-32,38-39,41-42H,5-8,13-28H2,1-4H3,(H,51,53)(H,52,54)(H,55,65)(H,56,66). The number of carbonyl (C=O) groups is 6. The van der Waals surface area contributed by atoms with Gasteiger partial charge in [-0.05, 0) is 92.6 Å². The Kier molecular flexibility index (Phi) is 12.9. The molecule has 3 saturated carbocycles. The first-order chi connectivity index (χ1) is 31.7. The van der Waals surface area contributed by atoms with Gasteiger partial charge in [-0.3, -0.25) is 19.2 Å². The van der Waals surface area contributed by atoms with Gasteiger partial charge in [-0.25, -0.2) is 19.6 Å². The van der Waals surface area contributed by atoms with Crippen LogP contribution >= 0.6 is 0 Å². The van der Waals surface area contributed by atoms with Gasteiger partial charge in [0.15, 0.2) is 0 Å². The van der Waals surface area contributed by atoms with Crippen LogP contribution in [0, 0.1) is 11.8 Å². The summed E-state index contributed by atoms with van der Waals surface area (Å²) < 4.78 is 0. The first-order valence-corrected chi connectivity index (χ1v) is 24.7. The number of H-pyrrole nitrogens is 2. The maximum atomic E-state index is 14.1. The fourth-order valence-corrected chi connectivity index (χ4v) is 11.8. The Morgan fingerprint density at radius 2 is 1.05 bits per heavy atom. The highest BCUT2D eigenvalue weighted by atomic mass is 16.2. The molecule has 4 N–H and O–H groups in total. The van der Waals surface area contributed by atoms with Crippen molar-refractivity contribution in [3.8, 4) is 11.3 Å². The summed E-state index contributed by atoms with van der Waals surface area (Å²) in [5.41, 5.74) is 4.65. The summed E-state index contributed by atoms with van der Waals surface area (Å²) in [7, 11) is 0. The summed E-state index contributed by atoms with van der Waals surface area (Å²) in [4.78, 5) is 102. The van der Waals surface area contributed by atoms with E-state index in [9.17, 15) is 28.8 Å². The van der Waals surface area contributed by atoms with E-state index in [1.165, 1.54) is 11.3 Å². The van der Waals surface area contributed by atoms with Gasteiger partial charge in [0.1, 0.15) is 35.3 Å². The van der Waals surface area contributed by atoms with Crippen LogP contribution in [-0.2, 0) is 30.0 Å². The van der Waals surface area contributed by atoms with E-state index in [4.69, 9.17) is 9.97 Å². The number of aromatic nitrogens is 4. The quantitative estimate of drug-likeness (QED) is 0.168. The molecule has 6 amide bonds. The number of aromatic amines is 2. The maximum absolute atomic E-state index is 14.1. The lowest BCUT2D eigenvalue weighted by Crippen LogP contribution is -2.55. The topological polar surface area (TPSA) is 197 Å². The van der Waals surface area contributed by atoms with Crippen LogP contribution in [-0.4, -0.2) is 126 Å². The lowest BCUT2D eigenvalue weighted by Gasteiger charge is -2.53. The van der Waals surface area contributed by atoms with Gasteiger partial charge in [-0.1, -0.05) is 52.0 Å². The van der Waals surface area contributed by atoms with E-state index in [1.807, 2.05) is 49.9 Å². The van der Waals surface area contributed by atoms with Crippen LogP contribution in [0.25, 0.3) is 11.3 Å². The molecule has 0 spiro atoms. The minimum absolute atomic E-state index is 0.0300. The molecule has 7 aliphatic rings. The van der Waals surface area contributed by atoms with Crippen LogP contribution in [0.3, 0.4) is 0 Å². The first kappa shape index (κ1) is 45.6. The van der Waals surface area contributed by atoms with Crippen LogP contribution in [0.5, 0.6) is 0 Å². The number of fused-ring (bicyclic) bond motifs is 3. The number of ketones is 2. The van der Waals surface area contributed by atoms with Crippen LogP contribution in [0.2, 0.25) is 0 Å². The van der Waals surface area contributed by atoms with Crippen molar-refractivity contribution in [3.63, 3.8) is 0 Å². The van der Waals surface area contributed by atoms with E-state index in [0.29, 0.717) is 65.0 Å². The molecule has 7 fully saturated rings. The van der Waals surface area contributed by atoms with Crippen molar-refractivity contribution in [1.29, 1.82) is 0 Å². The number of carbonyl (C=O) groups excluding carboxylic acids is 6. The Hall–Kier alpha value is -5.54. The van der Waals surface area contributed by atoms with Gasteiger partial charge in [0.25, 0.3) is 0 Å². The minimum Gasteiger partial charge on any atom is -0.344 e. The number of nitrogens with zero attached hydrogens (tertiary/aromatic N) is 6. The Labute approximate surface area is 387 Å². The maximum Gasteiger partial charge on any atom is 0.318 e. The number of hydrogen-bond donors (Lipinski definition) is 4. The Morgan fingerprint density at radius 3 is 1.52 bits per heavy atom. The number of urea groups is 2. The minimum atomic E-state index is -0.675. The molecule has 4 unspecified atom stereocenters. The number of hydrogen-bond acceptors (Lipinski definition) is 8. The average molecular weight is 905 g/mol. The lowest BCUT2D eigenvalue weighted by atomic mass is 9.51. The van der Waals surface area contributed by atoms with E-state index in [2.05, 4.69) is 44.9 Å². The highest BCUT2D eigenvalue weighted by molar-refractivity contribution is 5.90. The second-order valence-electron chi connectivity index (χ2n) is 20.8. The highest BCUT2D eigenvalue weighted by Crippen LogP contribution is 2.58. The number of likely N-dealkylation sites (tertiary alicyclic amines) is 4. The smallest absolute Gasteiger partial charge is 0.318 e. The summed E-state index contributed by atoms with van der Waals surface area (Å²) in [5.74, 6) is 1.53. The SMILES string of the molecule is CC(C)C(NC(=O)N1CCC(=O)CC1)C(=O)N1CCCC1c1ncc(-c2ccc(C34CCC(c5cnc(C6CCCN6C(=O)C(NC(=O)N6CCC(=O)CC6)C(C)C)[nH]5)(CC3)CC4)cc2)[nH]1. The number of Topliss-reactive ketones (excluding diaryl/α,β-unsaturated/α-hetero) is 2. The van der Waals surface area contributed by atoms with Gasteiger partial charge in [-0.2, -0.15) is 0 Å². The zero-order chi connectivity index (χ0) is 46.3. The van der Waals surface area contributed by atoms with E-state index in [1.54, 1.807) is 9.80 Å². The molecule has 66 heavy (non-hydrogen) atoms. The molecule has 6 heterocycles. The normalized spacial score (nSPS) is 26.6. The number of piperidine rings is 2. The second kappa shape index (κ2) is 18.6. The Morgan fingerprint density at radius 1 is 0.606 bits per heavy atom. The molecule has 3 aliphatic carbocycles. The molecule has 354 valence electrons. The van der Waals surface area contributed by atoms with Crippen molar-refractivity contribution < 1.29 is 28.8 Å². The second-order valence-corrected chi connectivity index (χ2v) is 20.8. The third kappa shape index (κ3) is 8.88. The fourth-order valence-electron chi connectivity index (χ4n) is 11.8. The van der Waals surface area contributed by atoms with Crippen molar-refractivity contribution in [2.75, 3.05) is 39.3 Å². The lowest BCUT2D eigenvalue weighted by molar-refractivity contribution is -0.136. The van der Waals surface area contributed by atoms with Crippen molar-refractivity contribution in [2.24, 2.45) is 11.8 Å². The van der Waals surface area contributed by atoms with Crippen LogP contribution < -0.4 is 10.6 Å². The summed E-state index contributed by atoms with van der Waals surface area (Å²) in [6.45, 7) is 10.6. The number of amides is 6. The number of nitrogens with one attached hydrogen (secondary N) is 4. The highest BCUT2D eigenvalue weighted by Gasteiger charge is 2.51. The van der Waals surface area contributed by atoms with Gasteiger partial charge in [0.05, 0.1) is 24.0 Å². The van der Waals surface area contributed by atoms with E-state index >= 15 is 0 Å². The molecule has 16 heteroatoms. The van der Waals surface area contributed by atoms with Crippen LogP contribution in [0.15, 0.2) is 36.7 Å². The predicted molar refractivity (Wildman–Crippen MR) is 247 cm³/mol. The molecule has 4 atom stereocenters. The fraction of sp³-hybridized carbons (Fsp3) is 0.640. The number of rotatable bonds is 11. The van der Waals surface area contributed by atoms with Crippen molar-refractivity contribution in [3.05, 3.63) is 59.6 Å². The molecule has 2 aromatic heterocycles. The van der Waals surface area contributed by atoms with Gasteiger partial charge in [-0.15, -0.1) is 0 Å². The predicted octanol–water partition coefficient (Wildman–Crippen LogP) is 6.47. The number of benzene rings is 1. The van der Waals surface area contributed by atoms with Gasteiger partial charge in [0, 0.05) is 82.3 Å². The third-order valence-corrected chi connectivity index (χ3v) is 16.2. The molecule has 4 saturated heterocycles. The molecule has 3 aromatic rings.